The zero-order chi connectivity index (χ0) is 10.2. The molecule has 1 saturated heterocycles. The maximum atomic E-state index is 5.41. The van der Waals surface area contributed by atoms with Gasteiger partial charge in [0, 0.05) is 13.6 Å². The van der Waals surface area contributed by atoms with Gasteiger partial charge >= 0.3 is 0 Å². The van der Waals surface area contributed by atoms with Crippen LogP contribution in [0.2, 0.25) is 0 Å². The minimum Gasteiger partial charge on any atom is -0.328 e. The highest BCUT2D eigenvalue weighted by Crippen LogP contribution is 2.35. The van der Waals surface area contributed by atoms with Gasteiger partial charge in [0.2, 0.25) is 0 Å². The Morgan fingerprint density at radius 3 is 2.57 bits per heavy atom. The van der Waals surface area contributed by atoms with Gasteiger partial charge in [0.15, 0.2) is 5.11 Å². The molecule has 80 valence electrons. The lowest BCUT2D eigenvalue weighted by Gasteiger charge is -2.40. The summed E-state index contributed by atoms with van der Waals surface area (Å²) < 4.78 is 0. The molecule has 2 fully saturated rings. The lowest BCUT2D eigenvalue weighted by atomic mass is 9.88. The van der Waals surface area contributed by atoms with Crippen LogP contribution in [0.25, 0.3) is 0 Å². The van der Waals surface area contributed by atoms with Crippen molar-refractivity contribution in [1.29, 1.82) is 0 Å². The first-order chi connectivity index (χ1) is 6.69. The first-order valence-corrected chi connectivity index (χ1v) is 5.93. The Morgan fingerprint density at radius 2 is 2.00 bits per heavy atom. The second kappa shape index (κ2) is 3.66. The lowest BCUT2D eigenvalue weighted by Crippen LogP contribution is -2.53. The van der Waals surface area contributed by atoms with E-state index < -0.39 is 0 Å². The van der Waals surface area contributed by atoms with Crippen LogP contribution in [0.4, 0.5) is 0 Å². The minimum absolute atomic E-state index is 0.152. The largest absolute Gasteiger partial charge is 0.328 e. The van der Waals surface area contributed by atoms with Gasteiger partial charge in [-0.25, -0.2) is 5.43 Å². The smallest absolute Gasteiger partial charge is 0.187 e. The van der Waals surface area contributed by atoms with E-state index in [1.807, 2.05) is 12.1 Å². The Morgan fingerprint density at radius 1 is 1.36 bits per heavy atom. The van der Waals surface area contributed by atoms with Crippen molar-refractivity contribution in [3.05, 3.63) is 0 Å². The molecular formula is C10H19N3S. The molecule has 0 aromatic rings. The maximum Gasteiger partial charge on any atom is 0.187 e. The fraction of sp³-hybridized carbons (Fsp3) is 0.900. The molecule has 1 saturated carbocycles. The van der Waals surface area contributed by atoms with Gasteiger partial charge in [0.25, 0.3) is 0 Å². The highest BCUT2D eigenvalue weighted by Gasteiger charge is 2.45. The monoisotopic (exact) mass is 213 g/mol. The topological polar surface area (TPSA) is 18.5 Å². The third kappa shape index (κ3) is 1.41. The predicted octanol–water partition coefficient (Wildman–Crippen LogP) is 1.70. The summed E-state index contributed by atoms with van der Waals surface area (Å²) in [5.74, 6) is 0. The van der Waals surface area contributed by atoms with E-state index in [9.17, 15) is 0 Å². The SMILES string of the molecule is CCN1C(=S)N(C)NC12CCCCC2. The van der Waals surface area contributed by atoms with Gasteiger partial charge in [-0.05, 0) is 44.8 Å². The van der Waals surface area contributed by atoms with Crippen LogP contribution in [0.3, 0.4) is 0 Å². The minimum atomic E-state index is 0.152. The van der Waals surface area contributed by atoms with Crippen molar-refractivity contribution in [3.8, 4) is 0 Å². The summed E-state index contributed by atoms with van der Waals surface area (Å²) in [5, 5.41) is 2.96. The highest BCUT2D eigenvalue weighted by atomic mass is 32.1. The first-order valence-electron chi connectivity index (χ1n) is 5.53. The number of nitrogens with zero attached hydrogens (tertiary/aromatic N) is 2. The van der Waals surface area contributed by atoms with Gasteiger partial charge in [-0.3, -0.25) is 5.01 Å². The average molecular weight is 213 g/mol. The number of thiocarbonyl (C=S) groups is 1. The average Bonchev–Trinajstić information content (AvgIpc) is 2.40. The molecule has 0 unspecified atom stereocenters. The number of nitrogens with one attached hydrogen (secondary N) is 1. The molecule has 1 heterocycles. The third-order valence-electron chi connectivity index (χ3n) is 3.41. The molecule has 14 heavy (non-hydrogen) atoms. The van der Waals surface area contributed by atoms with E-state index in [4.69, 9.17) is 12.2 Å². The van der Waals surface area contributed by atoms with Gasteiger partial charge in [0.05, 0.1) is 0 Å². The van der Waals surface area contributed by atoms with Crippen LogP contribution in [0.5, 0.6) is 0 Å². The molecule has 4 heteroatoms. The number of rotatable bonds is 1. The molecule has 0 atom stereocenters. The fourth-order valence-electron chi connectivity index (χ4n) is 2.74. The standard InChI is InChI=1S/C10H19N3S/c1-3-13-9(14)12(2)11-10(13)7-5-4-6-8-10/h11H,3-8H2,1-2H3. The van der Waals surface area contributed by atoms with Crippen molar-refractivity contribution in [2.75, 3.05) is 13.6 Å². The summed E-state index contributed by atoms with van der Waals surface area (Å²) in [4.78, 5) is 2.35. The summed E-state index contributed by atoms with van der Waals surface area (Å²) in [6.45, 7) is 3.19. The van der Waals surface area contributed by atoms with Crippen LogP contribution in [0, 0.1) is 0 Å². The van der Waals surface area contributed by atoms with Crippen LogP contribution in [-0.4, -0.2) is 34.3 Å². The maximum absolute atomic E-state index is 5.41. The van der Waals surface area contributed by atoms with Crippen molar-refractivity contribution in [2.24, 2.45) is 0 Å². The van der Waals surface area contributed by atoms with Gasteiger partial charge in [0.1, 0.15) is 5.66 Å². The van der Waals surface area contributed by atoms with E-state index in [-0.39, 0.29) is 5.66 Å². The highest BCUT2D eigenvalue weighted by molar-refractivity contribution is 7.80. The van der Waals surface area contributed by atoms with Crippen molar-refractivity contribution in [2.45, 2.75) is 44.7 Å². The van der Waals surface area contributed by atoms with Crippen LogP contribution in [0.1, 0.15) is 39.0 Å². The van der Waals surface area contributed by atoms with Crippen LogP contribution in [0.15, 0.2) is 0 Å². The molecule has 3 nitrogen and oxygen atoms in total. The summed E-state index contributed by atoms with van der Waals surface area (Å²) >= 11 is 5.41. The van der Waals surface area contributed by atoms with Gasteiger partial charge in [-0.15, -0.1) is 0 Å². The van der Waals surface area contributed by atoms with Crippen LogP contribution >= 0.6 is 12.2 Å². The molecule has 0 amide bonds. The molecule has 0 bridgehead atoms. The van der Waals surface area contributed by atoms with E-state index in [2.05, 4.69) is 17.2 Å². The van der Waals surface area contributed by atoms with Crippen LogP contribution in [-0.2, 0) is 0 Å². The van der Waals surface area contributed by atoms with E-state index in [0.29, 0.717) is 0 Å². The number of hydrogen-bond acceptors (Lipinski definition) is 2. The molecule has 1 spiro atoms. The van der Waals surface area contributed by atoms with Gasteiger partial charge in [-0.1, -0.05) is 6.42 Å². The Bertz CT molecular complexity index is 236. The van der Waals surface area contributed by atoms with Crippen molar-refractivity contribution < 1.29 is 0 Å². The van der Waals surface area contributed by atoms with Crippen molar-refractivity contribution in [3.63, 3.8) is 0 Å². The second-order valence-corrected chi connectivity index (χ2v) is 4.66. The van der Waals surface area contributed by atoms with E-state index in [1.165, 1.54) is 32.1 Å². The molecule has 0 radical (unpaired) electrons. The van der Waals surface area contributed by atoms with Crippen molar-refractivity contribution in [1.82, 2.24) is 15.3 Å². The summed E-state index contributed by atoms with van der Waals surface area (Å²) in [5.41, 5.74) is 3.69. The Hall–Kier alpha value is -0.350. The summed E-state index contributed by atoms with van der Waals surface area (Å²) in [6.07, 6.45) is 6.47. The molecule has 1 N–H and O–H groups in total. The van der Waals surface area contributed by atoms with Crippen molar-refractivity contribution >= 4 is 17.3 Å². The van der Waals surface area contributed by atoms with Crippen LogP contribution < -0.4 is 5.43 Å². The number of hydrogen-bond donors (Lipinski definition) is 1. The van der Waals surface area contributed by atoms with Gasteiger partial charge in [-0.2, -0.15) is 0 Å². The van der Waals surface area contributed by atoms with E-state index in [1.54, 1.807) is 0 Å². The van der Waals surface area contributed by atoms with E-state index >= 15 is 0 Å². The Kier molecular flexibility index (Phi) is 2.66. The normalized spacial score (nSPS) is 26.3. The molecule has 0 aromatic carbocycles. The molecule has 2 aliphatic rings. The van der Waals surface area contributed by atoms with Gasteiger partial charge < -0.3 is 4.90 Å². The Labute approximate surface area is 91.4 Å². The van der Waals surface area contributed by atoms with E-state index in [0.717, 1.165) is 11.7 Å². The fourth-order valence-corrected chi connectivity index (χ4v) is 3.09. The predicted molar refractivity (Wildman–Crippen MR) is 61.7 cm³/mol. The first kappa shape index (κ1) is 10.2. The molecule has 1 aliphatic heterocycles. The molecule has 2 rings (SSSR count). The zero-order valence-electron chi connectivity index (χ0n) is 9.05. The molecule has 0 aromatic heterocycles. The quantitative estimate of drug-likeness (QED) is 0.668. The zero-order valence-corrected chi connectivity index (χ0v) is 9.86. The molecule has 1 aliphatic carbocycles. The third-order valence-corrected chi connectivity index (χ3v) is 3.90. The summed E-state index contributed by atoms with van der Waals surface area (Å²) in [7, 11) is 2.02. The lowest BCUT2D eigenvalue weighted by molar-refractivity contribution is 0.0903. The summed E-state index contributed by atoms with van der Waals surface area (Å²) in [6, 6.07) is 0. The Balaban J connectivity index is 2.20. The molecular weight excluding hydrogens is 194 g/mol. The second-order valence-electron chi connectivity index (χ2n) is 4.29. The number of hydrazine groups is 1.